The Morgan fingerprint density at radius 1 is 1.03 bits per heavy atom. The second-order valence-electron chi connectivity index (χ2n) is 7.11. The Labute approximate surface area is 204 Å². The number of alkyl halides is 6. The predicted molar refractivity (Wildman–Crippen MR) is 117 cm³/mol. The molecule has 1 aliphatic rings. The SMILES string of the molecule is NC(=O)CCC(F)(F)F.Nc1cc(C2=NOC(c3cc(Cl)cc(Cl)c3)(C(F)(F)F)C2)ccc1Cl. The van der Waals surface area contributed by atoms with Gasteiger partial charge in [-0.2, -0.15) is 26.3 Å². The van der Waals surface area contributed by atoms with Gasteiger partial charge in [0.05, 0.1) is 22.8 Å². The van der Waals surface area contributed by atoms with Crippen molar-refractivity contribution in [1.82, 2.24) is 0 Å². The fourth-order valence-electron chi connectivity index (χ4n) is 2.83. The van der Waals surface area contributed by atoms with E-state index in [2.05, 4.69) is 10.9 Å². The molecule has 1 atom stereocenters. The zero-order chi connectivity index (χ0) is 25.9. The van der Waals surface area contributed by atoms with E-state index in [1.54, 1.807) is 0 Å². The van der Waals surface area contributed by atoms with Gasteiger partial charge in [-0.25, -0.2) is 0 Å². The molecule has 0 saturated heterocycles. The molecule has 4 N–H and O–H groups in total. The van der Waals surface area contributed by atoms with Crippen LogP contribution in [0, 0.1) is 0 Å². The third-order valence-corrected chi connectivity index (χ3v) is 5.28. The van der Waals surface area contributed by atoms with Crippen LogP contribution in [0.1, 0.15) is 30.4 Å². The normalized spacial score (nSPS) is 18.0. The predicted octanol–water partition coefficient (Wildman–Crippen LogP) is 6.63. The standard InChI is InChI=1S/C16H10Cl3F3N2O.C4H6F3NO/c17-10-4-9(5-11(18)6-10)15(16(20,21)22)7-14(24-25-15)8-1-2-12(19)13(23)3-8;5-4(6,7)2-1-3(8)9/h1-6H,7,23H2;1-2H2,(H2,8,9). The first kappa shape index (κ1) is 27.9. The van der Waals surface area contributed by atoms with Gasteiger partial charge in [-0.05, 0) is 30.3 Å². The summed E-state index contributed by atoms with van der Waals surface area (Å²) in [5.74, 6) is -0.924. The smallest absolute Gasteiger partial charge is 0.398 e. The number of amides is 1. The summed E-state index contributed by atoms with van der Waals surface area (Å²) in [5, 5.41) is 4.08. The van der Waals surface area contributed by atoms with E-state index in [0.29, 0.717) is 10.6 Å². The minimum Gasteiger partial charge on any atom is -0.398 e. The summed E-state index contributed by atoms with van der Waals surface area (Å²) in [6.45, 7) is 0. The lowest BCUT2D eigenvalue weighted by Gasteiger charge is -2.29. The van der Waals surface area contributed by atoms with E-state index in [9.17, 15) is 31.1 Å². The molecule has 1 unspecified atom stereocenters. The van der Waals surface area contributed by atoms with E-state index in [-0.39, 0.29) is 27.0 Å². The topological polar surface area (TPSA) is 90.7 Å². The van der Waals surface area contributed by atoms with Crippen molar-refractivity contribution in [2.45, 2.75) is 37.2 Å². The first-order chi connectivity index (χ1) is 15.5. The first-order valence-electron chi connectivity index (χ1n) is 9.23. The molecule has 2 aromatic carbocycles. The van der Waals surface area contributed by atoms with Crippen LogP contribution in [0.3, 0.4) is 0 Å². The molecular weight excluding hydrogens is 535 g/mol. The molecule has 0 bridgehead atoms. The second kappa shape index (κ2) is 10.5. The fraction of sp³-hybridized carbons (Fsp3) is 0.300. The lowest BCUT2D eigenvalue weighted by Crippen LogP contribution is -2.42. The maximum Gasteiger partial charge on any atom is 0.435 e. The number of nitrogens with zero attached hydrogens (tertiary/aromatic N) is 1. The zero-order valence-corrected chi connectivity index (χ0v) is 19.2. The Balaban J connectivity index is 0.000000387. The molecule has 14 heteroatoms. The molecule has 1 aliphatic heterocycles. The van der Waals surface area contributed by atoms with Crippen LogP contribution in [0.5, 0.6) is 0 Å². The Hall–Kier alpha value is -2.37. The number of halogens is 9. The molecule has 1 amide bonds. The average Bonchev–Trinajstić information content (AvgIpc) is 3.15. The number of nitrogen functional groups attached to an aromatic ring is 1. The number of nitrogens with two attached hydrogens (primary N) is 2. The van der Waals surface area contributed by atoms with Gasteiger partial charge >= 0.3 is 12.4 Å². The first-order valence-corrected chi connectivity index (χ1v) is 10.4. The molecule has 0 fully saturated rings. The fourth-order valence-corrected chi connectivity index (χ4v) is 3.48. The Kier molecular flexibility index (Phi) is 8.60. The highest BCUT2D eigenvalue weighted by Crippen LogP contribution is 2.49. The number of rotatable bonds is 4. The van der Waals surface area contributed by atoms with E-state index in [1.807, 2.05) is 0 Å². The van der Waals surface area contributed by atoms with Crippen LogP contribution in [0.2, 0.25) is 15.1 Å². The molecular formula is C20H16Cl3F6N3O2. The summed E-state index contributed by atoms with van der Waals surface area (Å²) in [6.07, 6.45) is -11.3. The lowest BCUT2D eigenvalue weighted by atomic mass is 9.86. The second-order valence-corrected chi connectivity index (χ2v) is 8.39. The van der Waals surface area contributed by atoms with Gasteiger partial charge in [-0.1, -0.05) is 46.0 Å². The minimum atomic E-state index is -4.75. The van der Waals surface area contributed by atoms with Gasteiger partial charge < -0.3 is 16.3 Å². The average molecular weight is 551 g/mol. The third kappa shape index (κ3) is 7.07. The largest absolute Gasteiger partial charge is 0.435 e. The van der Waals surface area contributed by atoms with Crippen molar-refractivity contribution >= 4 is 52.1 Å². The van der Waals surface area contributed by atoms with Crippen LogP contribution in [0.15, 0.2) is 41.6 Å². The summed E-state index contributed by atoms with van der Waals surface area (Å²) in [5.41, 5.74) is 7.99. The van der Waals surface area contributed by atoms with Gasteiger partial charge in [-0.15, -0.1) is 0 Å². The Morgan fingerprint density at radius 3 is 2.06 bits per heavy atom. The van der Waals surface area contributed by atoms with Crippen molar-refractivity contribution in [1.29, 1.82) is 0 Å². The minimum absolute atomic E-state index is 0.0684. The highest BCUT2D eigenvalue weighted by Gasteiger charge is 2.62. The van der Waals surface area contributed by atoms with Gasteiger partial charge in [0.1, 0.15) is 0 Å². The van der Waals surface area contributed by atoms with E-state index >= 15 is 0 Å². The molecule has 0 spiro atoms. The molecule has 0 aliphatic carbocycles. The van der Waals surface area contributed by atoms with Crippen LogP contribution in [-0.2, 0) is 15.2 Å². The van der Waals surface area contributed by atoms with Crippen molar-refractivity contribution in [3.05, 3.63) is 62.6 Å². The lowest BCUT2D eigenvalue weighted by molar-refractivity contribution is -0.275. The number of oxime groups is 1. The van der Waals surface area contributed by atoms with E-state index in [1.165, 1.54) is 24.3 Å². The van der Waals surface area contributed by atoms with Crippen LogP contribution in [0.25, 0.3) is 0 Å². The van der Waals surface area contributed by atoms with Gasteiger partial charge in [-0.3, -0.25) is 4.79 Å². The van der Waals surface area contributed by atoms with Gasteiger partial charge in [0.15, 0.2) is 0 Å². The third-order valence-electron chi connectivity index (χ3n) is 4.50. The molecule has 0 aromatic heterocycles. The summed E-state index contributed by atoms with van der Waals surface area (Å²) in [7, 11) is 0. The zero-order valence-electron chi connectivity index (χ0n) is 16.9. The van der Waals surface area contributed by atoms with Gasteiger partial charge in [0, 0.05) is 34.0 Å². The summed E-state index contributed by atoms with van der Waals surface area (Å²) in [6, 6.07) is 8.12. The van der Waals surface area contributed by atoms with Crippen molar-refractivity contribution in [3.63, 3.8) is 0 Å². The molecule has 186 valence electrons. The number of carbonyl (C=O) groups is 1. The summed E-state index contributed by atoms with van der Waals surface area (Å²) in [4.78, 5) is 14.7. The Bertz CT molecular complexity index is 1070. The summed E-state index contributed by atoms with van der Waals surface area (Å²) >= 11 is 17.6. The highest BCUT2D eigenvalue weighted by molar-refractivity contribution is 6.34. The van der Waals surface area contributed by atoms with Crippen LogP contribution >= 0.6 is 34.8 Å². The van der Waals surface area contributed by atoms with Crippen molar-refractivity contribution < 1.29 is 36.0 Å². The molecule has 2 aromatic rings. The van der Waals surface area contributed by atoms with Crippen LogP contribution < -0.4 is 11.5 Å². The van der Waals surface area contributed by atoms with Crippen LogP contribution in [0.4, 0.5) is 32.0 Å². The molecule has 3 rings (SSSR count). The van der Waals surface area contributed by atoms with Crippen molar-refractivity contribution in [2.75, 3.05) is 5.73 Å². The van der Waals surface area contributed by atoms with Crippen molar-refractivity contribution in [3.8, 4) is 0 Å². The van der Waals surface area contributed by atoms with E-state index in [4.69, 9.17) is 45.4 Å². The number of hydrogen-bond acceptors (Lipinski definition) is 4. The number of anilines is 1. The maximum atomic E-state index is 13.9. The number of hydrogen-bond donors (Lipinski definition) is 2. The summed E-state index contributed by atoms with van der Waals surface area (Å²) < 4.78 is 75.2. The number of carbonyl (C=O) groups excluding carboxylic acids is 1. The van der Waals surface area contributed by atoms with Crippen molar-refractivity contribution in [2.24, 2.45) is 10.9 Å². The molecule has 0 saturated carbocycles. The van der Waals surface area contributed by atoms with Gasteiger partial charge in [0.2, 0.25) is 5.91 Å². The van der Waals surface area contributed by atoms with Crippen LogP contribution in [-0.4, -0.2) is 24.0 Å². The molecule has 1 heterocycles. The van der Waals surface area contributed by atoms with E-state index < -0.39 is 43.1 Å². The van der Waals surface area contributed by atoms with E-state index in [0.717, 1.165) is 12.1 Å². The molecule has 5 nitrogen and oxygen atoms in total. The quantitative estimate of drug-likeness (QED) is 0.331. The maximum absolute atomic E-state index is 13.9. The molecule has 34 heavy (non-hydrogen) atoms. The number of primary amides is 1. The Morgan fingerprint density at radius 2 is 1.62 bits per heavy atom. The monoisotopic (exact) mass is 549 g/mol. The molecule has 0 radical (unpaired) electrons. The highest BCUT2D eigenvalue weighted by atomic mass is 35.5. The number of benzene rings is 2. The van der Waals surface area contributed by atoms with Gasteiger partial charge in [0.25, 0.3) is 5.60 Å².